The third-order valence-corrected chi connectivity index (χ3v) is 6.25. The van der Waals surface area contributed by atoms with Crippen LogP contribution in [0.3, 0.4) is 0 Å². The number of anilines is 1. The van der Waals surface area contributed by atoms with Crippen LogP contribution in [-0.2, 0) is 16.1 Å². The number of carbonyl (C=O) groups is 3. The molecule has 9 heteroatoms. The van der Waals surface area contributed by atoms with Crippen LogP contribution in [0.15, 0.2) is 53.6 Å². The Labute approximate surface area is 184 Å². The number of nitrogens with two attached hydrogens (primary N) is 2. The average molecular weight is 438 g/mol. The minimum absolute atomic E-state index is 0.219. The molecule has 0 bridgehead atoms. The molecule has 2 aromatic rings. The van der Waals surface area contributed by atoms with Crippen LogP contribution in [-0.4, -0.2) is 34.9 Å². The third kappa shape index (κ3) is 4.14. The van der Waals surface area contributed by atoms with Crippen LogP contribution in [0.5, 0.6) is 0 Å². The Hall–Kier alpha value is -3.30. The number of nitrogens with one attached hydrogen (secondary N) is 1. The van der Waals surface area contributed by atoms with E-state index in [4.69, 9.17) is 11.6 Å². The standard InChI is InChI=1S/C22H23N5O3S/c1-31-16-5-2-13(3-6-16)18(23)12-27(24)15-4-7-17-14(10-15)11-26(22(17)30)19-8-9-20(28)25-21(19)29/h2-7,10,12,19H,8-9,11,23-24H2,1H3,(H,25,28,29)/b18-12-. The van der Waals surface area contributed by atoms with Crippen LogP contribution in [0.25, 0.3) is 5.70 Å². The van der Waals surface area contributed by atoms with Gasteiger partial charge < -0.3 is 10.6 Å². The molecule has 4 rings (SSSR count). The monoisotopic (exact) mass is 437 g/mol. The molecular weight excluding hydrogens is 414 g/mol. The summed E-state index contributed by atoms with van der Waals surface area (Å²) in [6.07, 6.45) is 4.19. The first-order valence-corrected chi connectivity index (χ1v) is 11.0. The fraction of sp³-hybridized carbons (Fsp3) is 0.227. The molecule has 2 aliphatic heterocycles. The molecule has 0 aliphatic carbocycles. The molecular formula is C22H23N5O3S. The normalized spacial score (nSPS) is 18.8. The summed E-state index contributed by atoms with van der Waals surface area (Å²) in [5, 5.41) is 3.72. The van der Waals surface area contributed by atoms with E-state index in [0.29, 0.717) is 23.4 Å². The number of piperidine rings is 1. The van der Waals surface area contributed by atoms with Gasteiger partial charge in [0.2, 0.25) is 11.8 Å². The maximum absolute atomic E-state index is 12.8. The van der Waals surface area contributed by atoms with Crippen LogP contribution in [0, 0.1) is 0 Å². The number of carbonyl (C=O) groups excluding carboxylic acids is 3. The van der Waals surface area contributed by atoms with Gasteiger partial charge in [0.1, 0.15) is 6.04 Å². The van der Waals surface area contributed by atoms with Gasteiger partial charge in [0, 0.05) is 29.6 Å². The van der Waals surface area contributed by atoms with E-state index in [1.165, 1.54) is 9.91 Å². The van der Waals surface area contributed by atoms with E-state index >= 15 is 0 Å². The molecule has 8 nitrogen and oxygen atoms in total. The molecule has 0 saturated carbocycles. The van der Waals surface area contributed by atoms with Crippen LogP contribution in [0.2, 0.25) is 0 Å². The van der Waals surface area contributed by atoms with Crippen molar-refractivity contribution in [3.05, 3.63) is 65.4 Å². The zero-order valence-electron chi connectivity index (χ0n) is 17.0. The van der Waals surface area contributed by atoms with Crippen molar-refractivity contribution in [3.63, 3.8) is 0 Å². The van der Waals surface area contributed by atoms with Gasteiger partial charge in [0.15, 0.2) is 0 Å². The smallest absolute Gasteiger partial charge is 0.255 e. The highest BCUT2D eigenvalue weighted by Gasteiger charge is 2.39. The Kier molecular flexibility index (Phi) is 5.71. The average Bonchev–Trinajstić information content (AvgIpc) is 3.09. The van der Waals surface area contributed by atoms with E-state index in [1.54, 1.807) is 30.1 Å². The number of hydrazine groups is 1. The lowest BCUT2D eigenvalue weighted by molar-refractivity contribution is -0.136. The molecule has 2 aliphatic rings. The molecule has 0 radical (unpaired) electrons. The van der Waals surface area contributed by atoms with Gasteiger partial charge >= 0.3 is 0 Å². The van der Waals surface area contributed by atoms with E-state index in [-0.39, 0.29) is 24.8 Å². The molecule has 2 heterocycles. The van der Waals surface area contributed by atoms with Gasteiger partial charge in [-0.25, -0.2) is 5.84 Å². The van der Waals surface area contributed by atoms with Crippen molar-refractivity contribution in [2.75, 3.05) is 11.3 Å². The minimum Gasteiger partial charge on any atom is -0.397 e. The van der Waals surface area contributed by atoms with Crippen LogP contribution in [0.4, 0.5) is 5.69 Å². The molecule has 160 valence electrons. The summed E-state index contributed by atoms with van der Waals surface area (Å²) in [6.45, 7) is 0.289. The number of rotatable bonds is 5. The van der Waals surface area contributed by atoms with Gasteiger partial charge in [-0.3, -0.25) is 24.7 Å². The van der Waals surface area contributed by atoms with E-state index in [2.05, 4.69) is 5.32 Å². The Morgan fingerprint density at radius 3 is 2.61 bits per heavy atom. The molecule has 1 fully saturated rings. The number of imide groups is 1. The van der Waals surface area contributed by atoms with E-state index in [9.17, 15) is 14.4 Å². The zero-order chi connectivity index (χ0) is 22.1. The van der Waals surface area contributed by atoms with Gasteiger partial charge in [-0.1, -0.05) is 12.1 Å². The Morgan fingerprint density at radius 2 is 1.94 bits per heavy atom. The number of fused-ring (bicyclic) bond motifs is 1. The number of hydrogen-bond donors (Lipinski definition) is 3. The van der Waals surface area contributed by atoms with Crippen molar-refractivity contribution in [1.82, 2.24) is 10.2 Å². The first-order chi connectivity index (χ1) is 14.9. The Morgan fingerprint density at radius 1 is 1.19 bits per heavy atom. The van der Waals surface area contributed by atoms with Gasteiger partial charge in [-0.05, 0) is 54.1 Å². The van der Waals surface area contributed by atoms with Gasteiger partial charge in [-0.15, -0.1) is 11.8 Å². The van der Waals surface area contributed by atoms with Crippen molar-refractivity contribution >= 4 is 40.9 Å². The molecule has 3 amide bonds. The number of benzene rings is 2. The summed E-state index contributed by atoms with van der Waals surface area (Å²) in [4.78, 5) is 39.0. The maximum atomic E-state index is 12.8. The van der Waals surface area contributed by atoms with Crippen molar-refractivity contribution in [2.24, 2.45) is 11.6 Å². The topological polar surface area (TPSA) is 122 Å². The van der Waals surface area contributed by atoms with E-state index in [0.717, 1.165) is 16.0 Å². The second-order valence-electron chi connectivity index (χ2n) is 7.46. The SMILES string of the molecule is CSc1ccc(/C(N)=C/N(N)c2ccc3c(c2)CN(C2CCC(=O)NC2=O)C3=O)cc1. The first-order valence-electron chi connectivity index (χ1n) is 9.80. The Balaban J connectivity index is 1.52. The highest BCUT2D eigenvalue weighted by atomic mass is 32.2. The number of hydrogen-bond acceptors (Lipinski definition) is 7. The minimum atomic E-state index is -0.644. The molecule has 5 N–H and O–H groups in total. The molecule has 1 saturated heterocycles. The van der Waals surface area contributed by atoms with Crippen molar-refractivity contribution in [1.29, 1.82) is 0 Å². The van der Waals surface area contributed by atoms with Gasteiger partial charge in [0.05, 0.1) is 11.4 Å². The van der Waals surface area contributed by atoms with Crippen molar-refractivity contribution < 1.29 is 14.4 Å². The largest absolute Gasteiger partial charge is 0.397 e. The van der Waals surface area contributed by atoms with Crippen LogP contribution >= 0.6 is 11.8 Å². The van der Waals surface area contributed by atoms with Gasteiger partial charge in [-0.2, -0.15) is 0 Å². The summed E-state index contributed by atoms with van der Waals surface area (Å²) in [6, 6.07) is 12.5. The van der Waals surface area contributed by atoms with E-state index in [1.807, 2.05) is 36.6 Å². The fourth-order valence-corrected chi connectivity index (χ4v) is 4.21. The fourth-order valence-electron chi connectivity index (χ4n) is 3.80. The molecule has 0 spiro atoms. The molecule has 0 aromatic heterocycles. The predicted molar refractivity (Wildman–Crippen MR) is 120 cm³/mol. The molecule has 2 aromatic carbocycles. The molecule has 1 atom stereocenters. The lowest BCUT2D eigenvalue weighted by Gasteiger charge is -2.29. The summed E-state index contributed by atoms with van der Waals surface area (Å²) < 4.78 is 0. The summed E-state index contributed by atoms with van der Waals surface area (Å²) >= 11 is 1.65. The van der Waals surface area contributed by atoms with Crippen molar-refractivity contribution in [3.8, 4) is 0 Å². The predicted octanol–water partition coefficient (Wildman–Crippen LogP) is 1.81. The number of amides is 3. The lowest BCUT2D eigenvalue weighted by Crippen LogP contribution is -2.52. The quantitative estimate of drug-likeness (QED) is 0.282. The Bertz CT molecular complexity index is 1080. The lowest BCUT2D eigenvalue weighted by atomic mass is 10.0. The molecule has 31 heavy (non-hydrogen) atoms. The zero-order valence-corrected chi connectivity index (χ0v) is 17.8. The second kappa shape index (κ2) is 8.44. The van der Waals surface area contributed by atoms with E-state index < -0.39 is 11.9 Å². The number of nitrogens with zero attached hydrogens (tertiary/aromatic N) is 2. The highest BCUT2D eigenvalue weighted by molar-refractivity contribution is 7.98. The van der Waals surface area contributed by atoms with Gasteiger partial charge in [0.25, 0.3) is 5.91 Å². The first kappa shape index (κ1) is 21.0. The van der Waals surface area contributed by atoms with Crippen LogP contribution in [0.1, 0.15) is 34.3 Å². The number of thioether (sulfide) groups is 1. The summed E-state index contributed by atoms with van der Waals surface area (Å²) in [5.74, 6) is 5.25. The van der Waals surface area contributed by atoms with Crippen LogP contribution < -0.4 is 21.9 Å². The van der Waals surface area contributed by atoms with Crippen molar-refractivity contribution in [2.45, 2.75) is 30.3 Å². The summed E-state index contributed by atoms with van der Waals surface area (Å²) in [5.41, 5.74) is 9.55. The summed E-state index contributed by atoms with van der Waals surface area (Å²) in [7, 11) is 0. The molecule has 1 unspecified atom stereocenters. The second-order valence-corrected chi connectivity index (χ2v) is 8.34. The maximum Gasteiger partial charge on any atom is 0.255 e. The highest BCUT2D eigenvalue weighted by Crippen LogP contribution is 2.30. The third-order valence-electron chi connectivity index (χ3n) is 5.51.